The first-order valence-corrected chi connectivity index (χ1v) is 14.2. The van der Waals surface area contributed by atoms with Crippen molar-refractivity contribution in [2.24, 2.45) is 0 Å². The minimum absolute atomic E-state index is 0.00278. The first kappa shape index (κ1) is 39.4. The number of aliphatic hydroxyl groups excluding tert-OH is 1. The van der Waals surface area contributed by atoms with Crippen molar-refractivity contribution in [3.8, 4) is 11.5 Å². The van der Waals surface area contributed by atoms with Crippen LogP contribution in [0.5, 0.6) is 11.5 Å². The molecular weight excluding hydrogens is 608 g/mol. The summed E-state index contributed by atoms with van der Waals surface area (Å²) >= 11 is 0. The number of cyclic esters (lactones) is 2. The third-order valence-electron chi connectivity index (χ3n) is 5.62. The van der Waals surface area contributed by atoms with Gasteiger partial charge >= 0.3 is 23.9 Å². The second-order valence-corrected chi connectivity index (χ2v) is 10.7. The molecule has 14 nitrogen and oxygen atoms in total. The molecule has 3 rings (SSSR count). The number of aliphatic carboxylic acids is 1. The second-order valence-electron chi connectivity index (χ2n) is 10.7. The number of benzene rings is 2. The molecule has 0 spiro atoms. The number of rotatable bonds is 14. The summed E-state index contributed by atoms with van der Waals surface area (Å²) in [6, 6.07) is 12.7. The number of hydrogen-bond donors (Lipinski definition) is 4. The van der Waals surface area contributed by atoms with Crippen LogP contribution in [0.3, 0.4) is 0 Å². The van der Waals surface area contributed by atoms with E-state index >= 15 is 0 Å². The van der Waals surface area contributed by atoms with E-state index in [0.29, 0.717) is 22.6 Å². The fourth-order valence-electron chi connectivity index (χ4n) is 3.30. The van der Waals surface area contributed by atoms with Crippen molar-refractivity contribution in [3.05, 3.63) is 59.7 Å². The maximum atomic E-state index is 11.8. The molecule has 14 heteroatoms. The molecule has 1 aliphatic heterocycles. The fourth-order valence-corrected chi connectivity index (χ4v) is 3.30. The van der Waals surface area contributed by atoms with E-state index in [2.05, 4.69) is 4.74 Å². The topological polar surface area (TPSA) is 220 Å². The molecule has 46 heavy (non-hydrogen) atoms. The lowest BCUT2D eigenvalue weighted by Crippen LogP contribution is -2.30. The highest BCUT2D eigenvalue weighted by Gasteiger charge is 2.26. The number of carboxylic acid groups (broad SMARTS) is 1. The van der Waals surface area contributed by atoms with Gasteiger partial charge in [-0.3, -0.25) is 28.8 Å². The predicted molar refractivity (Wildman–Crippen MR) is 160 cm³/mol. The second kappa shape index (κ2) is 19.0. The van der Waals surface area contributed by atoms with E-state index in [1.54, 1.807) is 36.4 Å². The molecule has 0 radical (unpaired) electrons. The molecule has 0 bridgehead atoms. The van der Waals surface area contributed by atoms with Gasteiger partial charge < -0.3 is 39.4 Å². The van der Waals surface area contributed by atoms with Gasteiger partial charge in [-0.1, -0.05) is 0 Å². The summed E-state index contributed by atoms with van der Waals surface area (Å²) in [4.78, 5) is 65.0. The van der Waals surface area contributed by atoms with Crippen LogP contribution >= 0.6 is 0 Å². The first-order valence-electron chi connectivity index (χ1n) is 14.2. The summed E-state index contributed by atoms with van der Waals surface area (Å²) < 4.78 is 19.4. The van der Waals surface area contributed by atoms with Crippen LogP contribution in [0.15, 0.2) is 48.5 Å². The van der Waals surface area contributed by atoms with E-state index in [9.17, 15) is 39.0 Å². The lowest BCUT2D eigenvalue weighted by molar-refractivity contribution is -0.152. The highest BCUT2D eigenvalue weighted by atomic mass is 16.6. The zero-order chi connectivity index (χ0) is 34.9. The largest absolute Gasteiger partial charge is 0.491 e. The third-order valence-corrected chi connectivity index (χ3v) is 5.62. The van der Waals surface area contributed by atoms with Crippen LogP contribution in [-0.4, -0.2) is 93.5 Å². The Morgan fingerprint density at radius 1 is 0.696 bits per heavy atom. The molecule has 1 saturated heterocycles. The number of carbonyl (C=O) groups excluding carboxylic acids is 5. The molecule has 0 unspecified atom stereocenters. The van der Waals surface area contributed by atoms with Gasteiger partial charge in [0, 0.05) is 11.1 Å². The quantitative estimate of drug-likeness (QED) is 0.1000. The average Bonchev–Trinajstić information content (AvgIpc) is 3.38. The molecule has 252 valence electrons. The highest BCUT2D eigenvalue weighted by Crippen LogP contribution is 2.18. The monoisotopic (exact) mass is 648 g/mol. The van der Waals surface area contributed by atoms with Gasteiger partial charge in [0.05, 0.1) is 32.3 Å². The summed E-state index contributed by atoms with van der Waals surface area (Å²) in [5, 5.41) is 36.2. The molecule has 0 aromatic heterocycles. The Morgan fingerprint density at radius 2 is 1.11 bits per heavy atom. The van der Waals surface area contributed by atoms with Gasteiger partial charge in [-0.25, -0.2) is 0 Å². The van der Waals surface area contributed by atoms with Gasteiger partial charge in [-0.05, 0) is 76.2 Å². The number of ketones is 2. The Balaban J connectivity index is 0.000000394. The zero-order valence-electron chi connectivity index (χ0n) is 26.1. The Bertz CT molecular complexity index is 1300. The van der Waals surface area contributed by atoms with Gasteiger partial charge in [0.25, 0.3) is 0 Å². The van der Waals surface area contributed by atoms with E-state index in [4.69, 9.17) is 24.4 Å². The van der Waals surface area contributed by atoms with E-state index in [1.165, 1.54) is 39.8 Å². The number of carbonyl (C=O) groups is 6. The Kier molecular flexibility index (Phi) is 16.2. The molecule has 1 heterocycles. The van der Waals surface area contributed by atoms with Crippen LogP contribution in [0.4, 0.5) is 0 Å². The summed E-state index contributed by atoms with van der Waals surface area (Å²) in [5.41, 5.74) is -2.01. The Hall–Kier alpha value is -4.66. The Labute approximate surface area is 265 Å². The number of hydrogen-bond acceptors (Lipinski definition) is 13. The van der Waals surface area contributed by atoms with Gasteiger partial charge in [-0.15, -0.1) is 0 Å². The smallest absolute Gasteiger partial charge is 0.314 e. The summed E-state index contributed by atoms with van der Waals surface area (Å²) in [6.07, 6.45) is 0.0805. The molecule has 0 aliphatic carbocycles. The van der Waals surface area contributed by atoms with Crippen molar-refractivity contribution < 1.29 is 68.1 Å². The minimum atomic E-state index is -1.44. The fraction of sp³-hybridized carbons (Fsp3) is 0.438. The van der Waals surface area contributed by atoms with Crippen LogP contribution in [0.1, 0.15) is 74.1 Å². The van der Waals surface area contributed by atoms with Crippen LogP contribution < -0.4 is 9.47 Å². The van der Waals surface area contributed by atoms with Crippen molar-refractivity contribution in [1.29, 1.82) is 0 Å². The number of Topliss-reactive ketones (excluding diaryl/α,β-unsaturated/α-hetero) is 2. The number of esters is 3. The number of ether oxygens (including phenoxy) is 4. The summed E-state index contributed by atoms with van der Waals surface area (Å²) in [5.74, 6) is -2.10. The van der Waals surface area contributed by atoms with Gasteiger partial charge in [0.1, 0.15) is 42.5 Å². The van der Waals surface area contributed by atoms with Crippen LogP contribution in [0.2, 0.25) is 0 Å². The molecular formula is C32H40O14. The van der Waals surface area contributed by atoms with Crippen molar-refractivity contribution in [2.75, 3.05) is 26.4 Å². The van der Waals surface area contributed by atoms with E-state index in [0.717, 1.165) is 0 Å². The first-order chi connectivity index (χ1) is 21.4. The van der Waals surface area contributed by atoms with Crippen LogP contribution in [0, 0.1) is 0 Å². The summed E-state index contributed by atoms with van der Waals surface area (Å²) in [7, 11) is 0. The number of carboxylic acids is 1. The predicted octanol–water partition coefficient (Wildman–Crippen LogP) is 2.29. The zero-order valence-corrected chi connectivity index (χ0v) is 26.1. The SMILES string of the molecule is CC(C)(O)C(=O)c1ccc(OCCO)cc1.CC(C)(O)C(=O)c1ccc(OCCOC(=O)CCC(=O)O)cc1.O=C1CCC(=O)O1. The Morgan fingerprint density at radius 3 is 1.43 bits per heavy atom. The molecule has 0 amide bonds. The third kappa shape index (κ3) is 15.9. The molecule has 1 aliphatic rings. The van der Waals surface area contributed by atoms with Crippen LogP contribution in [0.25, 0.3) is 0 Å². The summed E-state index contributed by atoms with van der Waals surface area (Å²) in [6.45, 7) is 6.01. The lowest BCUT2D eigenvalue weighted by atomic mass is 9.97. The molecule has 4 N–H and O–H groups in total. The van der Waals surface area contributed by atoms with Crippen molar-refractivity contribution in [1.82, 2.24) is 0 Å². The van der Waals surface area contributed by atoms with Gasteiger partial charge in [-0.2, -0.15) is 0 Å². The molecule has 2 aromatic rings. The van der Waals surface area contributed by atoms with Crippen molar-refractivity contribution >= 4 is 35.4 Å². The highest BCUT2D eigenvalue weighted by molar-refractivity contribution is 6.02. The number of aliphatic hydroxyl groups is 3. The van der Waals surface area contributed by atoms with E-state index < -0.39 is 40.9 Å². The van der Waals surface area contributed by atoms with Crippen molar-refractivity contribution in [2.45, 2.75) is 64.6 Å². The minimum Gasteiger partial charge on any atom is -0.491 e. The van der Waals surface area contributed by atoms with E-state index in [1.807, 2.05) is 0 Å². The van der Waals surface area contributed by atoms with Gasteiger partial charge in [0.2, 0.25) is 0 Å². The molecule has 2 aromatic carbocycles. The average molecular weight is 649 g/mol. The lowest BCUT2D eigenvalue weighted by Gasteiger charge is -2.15. The van der Waals surface area contributed by atoms with Crippen LogP contribution in [-0.2, 0) is 28.7 Å². The molecule has 1 fully saturated rings. The maximum Gasteiger partial charge on any atom is 0.314 e. The normalized spacial score (nSPS) is 12.4. The van der Waals surface area contributed by atoms with Gasteiger partial charge in [0.15, 0.2) is 11.6 Å². The maximum absolute atomic E-state index is 11.8. The standard InChI is InChI=1S/C16H20O7.C12H16O4.C4H4O3/c1-16(2,21)15(20)11-3-5-12(6-4-11)22-9-10-23-14(19)8-7-13(17)18;1-12(2,15)11(14)9-3-5-10(6-4-9)16-8-7-13;5-3-1-2-4(6)7-3/h3-6,21H,7-10H2,1-2H3,(H,17,18);3-6,13,15H,7-8H2,1-2H3;1-2H2. The van der Waals surface area contributed by atoms with Crippen molar-refractivity contribution in [3.63, 3.8) is 0 Å². The molecule has 0 atom stereocenters. The molecule has 0 saturated carbocycles. The van der Waals surface area contributed by atoms with E-state index in [-0.39, 0.29) is 57.9 Å².